The number of halogens is 4. The lowest BCUT2D eigenvalue weighted by Crippen LogP contribution is -2.18. The summed E-state index contributed by atoms with van der Waals surface area (Å²) in [5, 5.41) is 9.01. The Kier molecular flexibility index (Phi) is 14.2. The molecule has 0 radical (unpaired) electrons. The molecule has 12 aromatic carbocycles. The van der Waals surface area contributed by atoms with Gasteiger partial charge in [0, 0.05) is 101 Å². The maximum Gasteiger partial charge on any atom is 0.123 e. The van der Waals surface area contributed by atoms with Gasteiger partial charge in [-0.15, -0.1) is 0 Å². The Labute approximate surface area is 552 Å². The maximum absolute atomic E-state index is 15.7. The largest absolute Gasteiger partial charge is 0.309 e. The molecule has 0 aliphatic rings. The summed E-state index contributed by atoms with van der Waals surface area (Å²) in [5.41, 5.74) is 19.8. The van der Waals surface area contributed by atoms with E-state index >= 15 is 17.6 Å². The van der Waals surface area contributed by atoms with E-state index in [2.05, 4.69) is 160 Å². The predicted octanol–water partition coefficient (Wildman–Crippen LogP) is 23.7. The SMILES string of the molecule is Cc1cc2cccnc2c(C)c1N(c1ccc(F)cc1)c1cc(N(c2ccc(F)cc2)c2c(C)cc3cccnc3c2C)c2ccc3c(N(c4ccc(F)cc4)c4c(C)cc5cccnc5c4C)cc(N(c4ccc(F)cc4)c4c(C)cc5cccnc5c4C)c4ccc1c2c43. The molecule has 0 spiro atoms. The van der Waals surface area contributed by atoms with Crippen molar-refractivity contribution in [3.8, 4) is 0 Å². The molecule has 0 aliphatic carbocycles. The first-order valence-corrected chi connectivity index (χ1v) is 32.0. The number of aryl methyl sites for hydroxylation is 8. The van der Waals surface area contributed by atoms with Crippen LogP contribution in [0.4, 0.5) is 85.8 Å². The van der Waals surface area contributed by atoms with Gasteiger partial charge < -0.3 is 19.6 Å². The molecular formula is C84H62F4N8. The van der Waals surface area contributed by atoms with Crippen LogP contribution in [0.2, 0.25) is 0 Å². The minimum absolute atomic E-state index is 0.390. The minimum atomic E-state index is -0.390. The van der Waals surface area contributed by atoms with Crippen molar-refractivity contribution in [3.05, 3.63) is 299 Å². The summed E-state index contributed by atoms with van der Waals surface area (Å²) in [6, 6.07) is 64.4. The van der Waals surface area contributed by atoms with Gasteiger partial charge in [0.05, 0.1) is 67.6 Å². The third-order valence-electron chi connectivity index (χ3n) is 19.2. The summed E-state index contributed by atoms with van der Waals surface area (Å²) >= 11 is 0. The fraction of sp³-hybridized carbons (Fsp3) is 0.0952. The molecule has 12 heteroatoms. The molecule has 0 aliphatic heterocycles. The third kappa shape index (κ3) is 9.56. The van der Waals surface area contributed by atoms with Crippen LogP contribution in [0.25, 0.3) is 75.9 Å². The Hall–Kier alpha value is -11.8. The lowest BCUT2D eigenvalue weighted by Gasteiger charge is -2.36. The highest BCUT2D eigenvalue weighted by Crippen LogP contribution is 2.57. The Bertz CT molecular complexity index is 5110. The molecule has 8 nitrogen and oxygen atoms in total. The van der Waals surface area contributed by atoms with Crippen LogP contribution >= 0.6 is 0 Å². The first-order valence-electron chi connectivity index (χ1n) is 32.0. The van der Waals surface area contributed by atoms with Gasteiger partial charge in [-0.25, -0.2) is 17.6 Å². The second kappa shape index (κ2) is 23.1. The Morgan fingerprint density at radius 1 is 0.250 bits per heavy atom. The number of anilines is 12. The number of rotatable bonds is 12. The van der Waals surface area contributed by atoms with Gasteiger partial charge in [-0.05, 0) is 258 Å². The van der Waals surface area contributed by atoms with Crippen LogP contribution in [-0.4, -0.2) is 19.9 Å². The zero-order chi connectivity index (χ0) is 65.9. The number of benzene rings is 12. The Morgan fingerprint density at radius 3 is 0.667 bits per heavy atom. The van der Waals surface area contributed by atoms with E-state index < -0.39 is 23.3 Å². The molecule has 0 saturated carbocycles. The van der Waals surface area contributed by atoms with Crippen LogP contribution in [0, 0.1) is 78.7 Å². The quantitative estimate of drug-likeness (QED) is 0.0886. The second-order valence-corrected chi connectivity index (χ2v) is 25.1. The van der Waals surface area contributed by atoms with Crippen LogP contribution < -0.4 is 19.6 Å². The van der Waals surface area contributed by atoms with Gasteiger partial charge in [-0.3, -0.25) is 19.9 Å². The normalized spacial score (nSPS) is 11.8. The molecular weight excluding hydrogens is 1200 g/mol. The van der Waals surface area contributed by atoms with Gasteiger partial charge in [0.15, 0.2) is 0 Å². The van der Waals surface area contributed by atoms with E-state index in [0.29, 0.717) is 22.7 Å². The molecule has 0 N–H and O–H groups in total. The third-order valence-corrected chi connectivity index (χ3v) is 19.2. The predicted molar refractivity (Wildman–Crippen MR) is 388 cm³/mol. The number of hydrogen-bond donors (Lipinski definition) is 0. The van der Waals surface area contributed by atoms with E-state index in [0.717, 1.165) is 166 Å². The van der Waals surface area contributed by atoms with Crippen LogP contribution in [0.1, 0.15) is 44.5 Å². The smallest absolute Gasteiger partial charge is 0.123 e. The molecule has 4 aromatic heterocycles. The van der Waals surface area contributed by atoms with Gasteiger partial charge in [0.1, 0.15) is 23.3 Å². The van der Waals surface area contributed by atoms with Crippen LogP contribution in [0.15, 0.2) is 231 Å². The van der Waals surface area contributed by atoms with Crippen molar-refractivity contribution >= 4 is 144 Å². The molecule has 0 unspecified atom stereocenters. The topological polar surface area (TPSA) is 64.5 Å². The summed E-state index contributed by atoms with van der Waals surface area (Å²) in [6.07, 6.45) is 7.23. The van der Waals surface area contributed by atoms with Crippen molar-refractivity contribution in [1.82, 2.24) is 19.9 Å². The fourth-order valence-corrected chi connectivity index (χ4v) is 15.2. The summed E-state index contributed by atoms with van der Waals surface area (Å²) in [6.45, 7) is 16.8. The highest BCUT2D eigenvalue weighted by Gasteiger charge is 2.33. The molecule has 0 atom stereocenters. The van der Waals surface area contributed by atoms with E-state index in [1.165, 1.54) is 48.5 Å². The summed E-state index contributed by atoms with van der Waals surface area (Å²) in [7, 11) is 0. The molecule has 466 valence electrons. The monoisotopic (exact) mass is 1260 g/mol. The zero-order valence-electron chi connectivity index (χ0n) is 54.0. The number of nitrogens with zero attached hydrogens (tertiary/aromatic N) is 8. The molecule has 16 aromatic rings. The van der Waals surface area contributed by atoms with Gasteiger partial charge in [0.25, 0.3) is 0 Å². The number of aromatic nitrogens is 4. The number of pyridine rings is 4. The van der Waals surface area contributed by atoms with E-state index in [1.807, 2.05) is 97.6 Å². The van der Waals surface area contributed by atoms with Crippen molar-refractivity contribution in [1.29, 1.82) is 0 Å². The van der Waals surface area contributed by atoms with Crippen LogP contribution in [0.3, 0.4) is 0 Å². The van der Waals surface area contributed by atoms with Crippen molar-refractivity contribution in [2.24, 2.45) is 0 Å². The van der Waals surface area contributed by atoms with Crippen LogP contribution in [-0.2, 0) is 0 Å². The standard InChI is InChI=1S/C84H62F4N8/c1-47-41-55-13-9-37-89-77(55)51(5)81(47)93(63-25-17-59(85)18-26-63)71-45-72(94(64-27-19-60(86)20-28-64)82-48(2)42-56-14-10-38-90-78(56)52(82)6)68-35-36-70-74(96(66-31-23-62(88)24-32-66)84-50(4)44-58-16-12-40-92-80(58)54(84)8)46-73(69-34-33-67(71)75(68)76(69)70)95(65-29-21-61(87)22-30-65)83-49(3)43-57-15-11-39-91-79(57)53(83)7/h9-46H,1-8H3. The summed E-state index contributed by atoms with van der Waals surface area (Å²) in [4.78, 5) is 28.9. The summed E-state index contributed by atoms with van der Waals surface area (Å²) < 4.78 is 62.7. The summed E-state index contributed by atoms with van der Waals surface area (Å²) in [5.74, 6) is -1.56. The number of fused-ring (bicyclic) bond motifs is 4. The first-order chi connectivity index (χ1) is 46.6. The van der Waals surface area contributed by atoms with Crippen molar-refractivity contribution in [3.63, 3.8) is 0 Å². The van der Waals surface area contributed by atoms with E-state index in [4.69, 9.17) is 19.9 Å². The maximum atomic E-state index is 15.7. The lowest BCUT2D eigenvalue weighted by atomic mass is 9.88. The average Bonchev–Trinajstić information content (AvgIpc) is 0.697. The van der Waals surface area contributed by atoms with Gasteiger partial charge in [-0.1, -0.05) is 48.5 Å². The Morgan fingerprint density at radius 2 is 0.458 bits per heavy atom. The van der Waals surface area contributed by atoms with E-state index in [9.17, 15) is 0 Å². The number of hydrogen-bond acceptors (Lipinski definition) is 8. The average molecular weight is 1260 g/mol. The van der Waals surface area contributed by atoms with Crippen molar-refractivity contribution < 1.29 is 17.6 Å². The Balaban J connectivity index is 1.15. The van der Waals surface area contributed by atoms with Crippen molar-refractivity contribution in [2.45, 2.75) is 55.4 Å². The van der Waals surface area contributed by atoms with E-state index in [1.54, 1.807) is 0 Å². The first kappa shape index (κ1) is 59.3. The molecule has 16 rings (SSSR count). The molecule has 4 heterocycles. The lowest BCUT2D eigenvalue weighted by molar-refractivity contribution is 0.627. The van der Waals surface area contributed by atoms with Gasteiger partial charge in [0.2, 0.25) is 0 Å². The highest BCUT2D eigenvalue weighted by atomic mass is 19.1. The molecule has 0 bridgehead atoms. The zero-order valence-corrected chi connectivity index (χ0v) is 54.0. The molecule has 0 fully saturated rings. The molecule has 96 heavy (non-hydrogen) atoms. The molecule has 0 amide bonds. The van der Waals surface area contributed by atoms with Crippen molar-refractivity contribution in [2.75, 3.05) is 19.6 Å². The van der Waals surface area contributed by atoms with Crippen LogP contribution in [0.5, 0.6) is 0 Å². The fourth-order valence-electron chi connectivity index (χ4n) is 15.2. The van der Waals surface area contributed by atoms with Gasteiger partial charge >= 0.3 is 0 Å². The second-order valence-electron chi connectivity index (χ2n) is 25.1. The van der Waals surface area contributed by atoms with E-state index in [-0.39, 0.29) is 0 Å². The van der Waals surface area contributed by atoms with Gasteiger partial charge in [-0.2, -0.15) is 0 Å². The minimum Gasteiger partial charge on any atom is -0.309 e. The highest BCUT2D eigenvalue weighted by molar-refractivity contribution is 6.33. The molecule has 0 saturated heterocycles.